The number of methoxy groups -OCH3 is 2. The molecule has 1 unspecified atom stereocenters. The molecule has 2 atom stereocenters. The number of rotatable bonds is 21. The van der Waals surface area contributed by atoms with Gasteiger partial charge >= 0.3 is 5.69 Å². The van der Waals surface area contributed by atoms with Gasteiger partial charge < -0.3 is 28.6 Å². The van der Waals surface area contributed by atoms with Gasteiger partial charge in [0.15, 0.2) is 0 Å². The average Bonchev–Trinajstić information content (AvgIpc) is 3.24. The third-order valence-corrected chi connectivity index (χ3v) is 11.6. The summed E-state index contributed by atoms with van der Waals surface area (Å²) in [7, 11) is 1.58. The predicted molar refractivity (Wildman–Crippen MR) is 226 cm³/mol. The number of nitrogens with zero attached hydrogens (tertiary/aromatic N) is 4. The van der Waals surface area contributed by atoms with E-state index < -0.39 is 25.9 Å². The molecule has 13 heteroatoms. The molecule has 0 spiro atoms. The Balaban J connectivity index is 1.51. The van der Waals surface area contributed by atoms with Crippen LogP contribution in [0.25, 0.3) is 0 Å². The van der Waals surface area contributed by atoms with Crippen molar-refractivity contribution in [1.29, 1.82) is 5.26 Å². The zero-order valence-electron chi connectivity index (χ0n) is 33.9. The number of ether oxygens (including phenoxy) is 3. The van der Waals surface area contributed by atoms with Gasteiger partial charge in [0.05, 0.1) is 52.6 Å². The summed E-state index contributed by atoms with van der Waals surface area (Å²) in [5, 5.41) is 12.1. The van der Waals surface area contributed by atoms with Crippen molar-refractivity contribution in [2.45, 2.75) is 70.9 Å². The highest BCUT2D eigenvalue weighted by Gasteiger charge is 2.38. The number of anilines is 1. The lowest BCUT2D eigenvalue weighted by Crippen LogP contribution is -2.37. The fourth-order valence-corrected chi connectivity index (χ4v) is 8.38. The van der Waals surface area contributed by atoms with E-state index >= 15 is 0 Å². The van der Waals surface area contributed by atoms with Crippen LogP contribution in [-0.2, 0) is 25.9 Å². The van der Waals surface area contributed by atoms with Gasteiger partial charge in [-0.25, -0.2) is 9.46 Å². The van der Waals surface area contributed by atoms with Gasteiger partial charge in [-0.3, -0.25) is 9.36 Å². The number of nitrogens with one attached hydrogen (secondary N) is 1. The molecule has 4 aromatic carbocycles. The number of carbonyl (C=O) groups is 1. The minimum atomic E-state index is -1.68. The summed E-state index contributed by atoms with van der Waals surface area (Å²) >= 11 is 0. The molecule has 5 rings (SSSR count). The second-order valence-corrected chi connectivity index (χ2v) is 15.4. The highest BCUT2D eigenvalue weighted by Crippen LogP contribution is 2.48. The summed E-state index contributed by atoms with van der Waals surface area (Å²) in [5.74, 6) is 1.18. The molecule has 1 aromatic heterocycles. The maximum atomic E-state index is 13.6. The molecule has 0 aliphatic carbocycles. The molecule has 0 saturated heterocycles. The van der Waals surface area contributed by atoms with Crippen molar-refractivity contribution in [2.75, 3.05) is 32.8 Å². The van der Waals surface area contributed by atoms with Gasteiger partial charge in [0.2, 0.25) is 0 Å². The number of carbonyl (C=O) groups excluding carboxylic acids is 1. The highest BCUT2D eigenvalue weighted by atomic mass is 31.2. The van der Waals surface area contributed by atoms with Gasteiger partial charge in [0.1, 0.15) is 22.9 Å². The first kappa shape index (κ1) is 43.7. The molecular formula is C45H52N5O7P. The van der Waals surface area contributed by atoms with Crippen LogP contribution in [0.4, 0.5) is 5.82 Å². The zero-order chi connectivity index (χ0) is 41.5. The summed E-state index contributed by atoms with van der Waals surface area (Å²) in [6.45, 7) is 8.76. The summed E-state index contributed by atoms with van der Waals surface area (Å²) in [6, 6.07) is 38.2. The van der Waals surface area contributed by atoms with E-state index in [9.17, 15) is 14.9 Å². The van der Waals surface area contributed by atoms with E-state index in [-0.39, 0.29) is 50.0 Å². The van der Waals surface area contributed by atoms with Gasteiger partial charge in [-0.2, -0.15) is 10.2 Å². The zero-order valence-corrected chi connectivity index (χ0v) is 34.8. The minimum absolute atomic E-state index is 0.0536. The molecule has 0 saturated carbocycles. The molecule has 12 nitrogen and oxygen atoms in total. The van der Waals surface area contributed by atoms with Crippen LogP contribution in [0.1, 0.15) is 67.6 Å². The topological polar surface area (TPSA) is 137 Å². The third kappa shape index (κ3) is 11.2. The van der Waals surface area contributed by atoms with E-state index in [1.54, 1.807) is 50.7 Å². The lowest BCUT2D eigenvalue weighted by Gasteiger charge is -2.38. The maximum Gasteiger partial charge on any atom is 0.349 e. The van der Waals surface area contributed by atoms with Crippen molar-refractivity contribution in [3.05, 3.63) is 154 Å². The van der Waals surface area contributed by atoms with Gasteiger partial charge in [-0.15, -0.1) is 0 Å². The van der Waals surface area contributed by atoms with E-state index in [2.05, 4.69) is 48.7 Å². The Kier molecular flexibility index (Phi) is 16.1. The van der Waals surface area contributed by atoms with E-state index in [0.29, 0.717) is 23.5 Å². The van der Waals surface area contributed by atoms with Crippen LogP contribution in [0.5, 0.6) is 11.5 Å². The van der Waals surface area contributed by atoms with Gasteiger partial charge in [-0.1, -0.05) is 72.8 Å². The molecule has 1 heterocycles. The van der Waals surface area contributed by atoms with Crippen LogP contribution in [-0.4, -0.2) is 65.7 Å². The Hall–Kier alpha value is -5.41. The lowest BCUT2D eigenvalue weighted by molar-refractivity contribution is -0.00624. The summed E-state index contributed by atoms with van der Waals surface area (Å²) in [5.41, 5.74) is 1.48. The van der Waals surface area contributed by atoms with Crippen molar-refractivity contribution >= 4 is 20.3 Å². The van der Waals surface area contributed by atoms with Crippen LogP contribution < -0.4 is 20.5 Å². The van der Waals surface area contributed by atoms with Crippen LogP contribution in [0.3, 0.4) is 0 Å². The Morgan fingerprint density at radius 2 is 1.36 bits per heavy atom. The van der Waals surface area contributed by atoms with Crippen molar-refractivity contribution in [3.8, 4) is 17.6 Å². The van der Waals surface area contributed by atoms with E-state index in [0.717, 1.165) is 16.7 Å². The first-order chi connectivity index (χ1) is 28.1. The second-order valence-electron chi connectivity index (χ2n) is 14.0. The fourth-order valence-electron chi connectivity index (χ4n) is 6.65. The first-order valence-corrected chi connectivity index (χ1v) is 20.4. The van der Waals surface area contributed by atoms with Gasteiger partial charge in [-0.05, 0) is 93.3 Å². The van der Waals surface area contributed by atoms with Crippen LogP contribution in [0.15, 0.2) is 126 Å². The Morgan fingerprint density at radius 1 is 0.810 bits per heavy atom. The largest absolute Gasteiger partial charge is 0.497 e. The number of amides is 1. The molecule has 58 heavy (non-hydrogen) atoms. The van der Waals surface area contributed by atoms with E-state index in [4.69, 9.17) is 23.3 Å². The standard InChI is InChI=1S/C45H52N5O7P/c1-33(2)50(34(3)4)58(56-30-13-28-46)57-41(32-49-29-26-42(48-44(49)52)47-43(51)35-14-9-7-10-15-35)27-31-55-45(36-16-11-8-12-17-36,37-18-22-39(53-5)23-19-37)38-20-24-40(54-6)25-21-38/h7-12,14-26,29,33-34,41H,13,27,30-32H2,1-6H3,(H,47,48,51,52)/t41-,58?/m0/s1. The second kappa shape index (κ2) is 21.4. The van der Waals surface area contributed by atoms with Crippen molar-refractivity contribution in [2.24, 2.45) is 0 Å². The molecule has 5 aromatic rings. The van der Waals surface area contributed by atoms with E-state index in [1.807, 2.05) is 84.9 Å². The quantitative estimate of drug-likeness (QED) is 0.0436. The number of aromatic nitrogens is 2. The molecule has 0 radical (unpaired) electrons. The van der Waals surface area contributed by atoms with Crippen LogP contribution in [0.2, 0.25) is 0 Å². The monoisotopic (exact) mass is 805 g/mol. The van der Waals surface area contributed by atoms with Gasteiger partial charge in [0, 0.05) is 23.8 Å². The summed E-state index contributed by atoms with van der Waals surface area (Å²) in [6.07, 6.45) is 1.52. The number of nitriles is 1. The minimum Gasteiger partial charge on any atom is -0.497 e. The SMILES string of the molecule is COc1ccc(C(OCC[C@@H](Cn2ccc(NC(=O)c3ccccc3)nc2=O)OP(OCCC#N)N(C(C)C)C(C)C)(c2ccccc2)c2ccc(OC)cc2)cc1. The number of benzene rings is 4. The lowest BCUT2D eigenvalue weighted by atomic mass is 9.80. The van der Waals surface area contributed by atoms with Crippen LogP contribution in [0, 0.1) is 11.3 Å². The Bertz CT molecular complexity index is 2070. The molecule has 1 amide bonds. The van der Waals surface area contributed by atoms with Crippen LogP contribution >= 0.6 is 8.53 Å². The summed E-state index contributed by atoms with van der Waals surface area (Å²) < 4.78 is 35.0. The number of hydrogen-bond donors (Lipinski definition) is 1. The normalized spacial score (nSPS) is 12.6. The predicted octanol–water partition coefficient (Wildman–Crippen LogP) is 8.57. The smallest absolute Gasteiger partial charge is 0.349 e. The molecule has 304 valence electrons. The number of hydrogen-bond acceptors (Lipinski definition) is 10. The molecule has 1 N–H and O–H groups in total. The first-order valence-electron chi connectivity index (χ1n) is 19.3. The maximum absolute atomic E-state index is 13.6. The van der Waals surface area contributed by atoms with E-state index in [1.165, 1.54) is 4.57 Å². The average molecular weight is 806 g/mol. The molecule has 0 aliphatic heterocycles. The van der Waals surface area contributed by atoms with Crippen molar-refractivity contribution in [3.63, 3.8) is 0 Å². The molecule has 0 aliphatic rings. The Morgan fingerprint density at radius 3 is 1.88 bits per heavy atom. The molecule has 0 fully saturated rings. The molecule has 0 bridgehead atoms. The molecular weight excluding hydrogens is 753 g/mol. The summed E-state index contributed by atoms with van der Waals surface area (Å²) in [4.78, 5) is 30.6. The van der Waals surface area contributed by atoms with Crippen molar-refractivity contribution < 1.29 is 28.1 Å². The Labute approximate surface area is 342 Å². The van der Waals surface area contributed by atoms with Gasteiger partial charge in [0.25, 0.3) is 14.4 Å². The highest BCUT2D eigenvalue weighted by molar-refractivity contribution is 7.44. The fraction of sp³-hybridized carbons (Fsp3) is 0.333. The third-order valence-electron chi connectivity index (χ3n) is 9.39. The van der Waals surface area contributed by atoms with Crippen molar-refractivity contribution in [1.82, 2.24) is 14.2 Å².